The van der Waals surface area contributed by atoms with E-state index in [1.807, 2.05) is 26.8 Å². The predicted molar refractivity (Wildman–Crippen MR) is 66.9 cm³/mol. The first-order valence-electron chi connectivity index (χ1n) is 6.22. The summed E-state index contributed by atoms with van der Waals surface area (Å²) < 4.78 is 6.86. The molecule has 0 aliphatic carbocycles. The van der Waals surface area contributed by atoms with Crippen LogP contribution in [0.5, 0.6) is 0 Å². The Morgan fingerprint density at radius 1 is 1.61 bits per heavy atom. The van der Waals surface area contributed by atoms with Crippen molar-refractivity contribution in [2.24, 2.45) is 5.92 Å². The lowest BCUT2D eigenvalue weighted by Gasteiger charge is -2.31. The van der Waals surface area contributed by atoms with Crippen LogP contribution in [-0.4, -0.2) is 27.3 Å². The summed E-state index contributed by atoms with van der Waals surface area (Å²) in [6.45, 7) is 6.17. The standard InChI is InChI=1S/C12H18N4O2/c1-4-6-9-10(11(17)18-5-2)8(3)16-12(15-9)13-7-14-16/h6-8,10H,4-5H2,1-3H3,(H,13,14,15)/b9-6-/t8-,10-/m0/s1. The Hall–Kier alpha value is -1.85. The normalized spacial score (nSPS) is 24.5. The number of hydrogen-bond acceptors (Lipinski definition) is 5. The summed E-state index contributed by atoms with van der Waals surface area (Å²) in [6, 6.07) is -0.0967. The number of fused-ring (bicyclic) bond motifs is 1. The Bertz CT molecular complexity index is 466. The highest BCUT2D eigenvalue weighted by atomic mass is 16.5. The second-order valence-electron chi connectivity index (χ2n) is 4.19. The van der Waals surface area contributed by atoms with Crippen LogP contribution >= 0.6 is 0 Å². The molecular weight excluding hydrogens is 232 g/mol. The molecular formula is C12H18N4O2. The zero-order valence-electron chi connectivity index (χ0n) is 10.9. The van der Waals surface area contributed by atoms with Crippen molar-refractivity contribution in [3.8, 4) is 0 Å². The van der Waals surface area contributed by atoms with E-state index in [0.717, 1.165) is 12.1 Å². The summed E-state index contributed by atoms with van der Waals surface area (Å²) in [7, 11) is 0. The molecule has 18 heavy (non-hydrogen) atoms. The number of nitrogens with zero attached hydrogens (tertiary/aromatic N) is 3. The molecule has 2 atom stereocenters. The third-order valence-electron chi connectivity index (χ3n) is 3.00. The van der Waals surface area contributed by atoms with Crippen LogP contribution < -0.4 is 5.32 Å². The molecule has 6 nitrogen and oxygen atoms in total. The van der Waals surface area contributed by atoms with E-state index in [2.05, 4.69) is 15.4 Å². The smallest absolute Gasteiger partial charge is 0.317 e. The van der Waals surface area contributed by atoms with Gasteiger partial charge < -0.3 is 10.1 Å². The van der Waals surface area contributed by atoms with Gasteiger partial charge in [0.2, 0.25) is 5.95 Å². The lowest BCUT2D eigenvalue weighted by Crippen LogP contribution is -2.36. The van der Waals surface area contributed by atoms with E-state index in [9.17, 15) is 4.79 Å². The number of hydrogen-bond donors (Lipinski definition) is 1. The van der Waals surface area contributed by atoms with Gasteiger partial charge in [-0.25, -0.2) is 4.68 Å². The van der Waals surface area contributed by atoms with E-state index >= 15 is 0 Å². The maximum absolute atomic E-state index is 12.1. The molecule has 1 aliphatic heterocycles. The van der Waals surface area contributed by atoms with Gasteiger partial charge in [0.25, 0.3) is 0 Å². The van der Waals surface area contributed by atoms with Gasteiger partial charge >= 0.3 is 5.97 Å². The number of allylic oxidation sites excluding steroid dienone is 1. The van der Waals surface area contributed by atoms with Crippen molar-refractivity contribution in [1.29, 1.82) is 0 Å². The van der Waals surface area contributed by atoms with E-state index < -0.39 is 0 Å². The topological polar surface area (TPSA) is 69.0 Å². The maximum Gasteiger partial charge on any atom is 0.317 e. The molecule has 0 unspecified atom stereocenters. The zero-order chi connectivity index (χ0) is 13.1. The van der Waals surface area contributed by atoms with Crippen LogP contribution in [-0.2, 0) is 9.53 Å². The molecule has 1 aliphatic rings. The molecule has 0 aromatic carbocycles. The van der Waals surface area contributed by atoms with Crippen LogP contribution in [0.15, 0.2) is 18.1 Å². The van der Waals surface area contributed by atoms with Crippen molar-refractivity contribution in [2.45, 2.75) is 33.2 Å². The van der Waals surface area contributed by atoms with Crippen molar-refractivity contribution in [2.75, 3.05) is 11.9 Å². The lowest BCUT2D eigenvalue weighted by molar-refractivity contribution is -0.148. The molecule has 2 rings (SSSR count). The van der Waals surface area contributed by atoms with Crippen LogP contribution in [0.25, 0.3) is 0 Å². The highest BCUT2D eigenvalue weighted by Gasteiger charge is 2.37. The van der Waals surface area contributed by atoms with Gasteiger partial charge in [-0.05, 0) is 20.3 Å². The number of carbonyl (C=O) groups excluding carboxylic acids is 1. The molecule has 0 amide bonds. The molecule has 0 saturated carbocycles. The van der Waals surface area contributed by atoms with Crippen molar-refractivity contribution in [3.63, 3.8) is 0 Å². The molecule has 0 radical (unpaired) electrons. The fraction of sp³-hybridized carbons (Fsp3) is 0.583. The third kappa shape index (κ3) is 2.10. The molecule has 6 heteroatoms. The van der Waals surface area contributed by atoms with Crippen LogP contribution in [0.2, 0.25) is 0 Å². The first-order chi connectivity index (χ1) is 8.69. The van der Waals surface area contributed by atoms with Crippen molar-refractivity contribution < 1.29 is 9.53 Å². The highest BCUT2D eigenvalue weighted by molar-refractivity contribution is 5.78. The van der Waals surface area contributed by atoms with Crippen molar-refractivity contribution in [3.05, 3.63) is 18.1 Å². The number of carbonyl (C=O) groups is 1. The zero-order valence-corrected chi connectivity index (χ0v) is 10.9. The third-order valence-corrected chi connectivity index (χ3v) is 3.00. The SMILES string of the molecule is CC/C=C1\Nc2ncnn2[C@@H](C)[C@@H]1C(=O)OCC. The van der Waals surface area contributed by atoms with Gasteiger partial charge in [-0.15, -0.1) is 0 Å². The fourth-order valence-electron chi connectivity index (χ4n) is 2.20. The number of anilines is 1. The Kier molecular flexibility index (Phi) is 3.64. The molecule has 0 spiro atoms. The molecule has 0 bridgehead atoms. The average Bonchev–Trinajstić information content (AvgIpc) is 2.78. The van der Waals surface area contributed by atoms with Gasteiger partial charge in [0.15, 0.2) is 0 Å². The van der Waals surface area contributed by atoms with Gasteiger partial charge in [-0.2, -0.15) is 10.1 Å². The minimum Gasteiger partial charge on any atom is -0.465 e. The Morgan fingerprint density at radius 2 is 2.39 bits per heavy atom. The number of nitrogens with one attached hydrogen (secondary N) is 1. The van der Waals surface area contributed by atoms with E-state index in [-0.39, 0.29) is 17.9 Å². The maximum atomic E-state index is 12.1. The van der Waals surface area contributed by atoms with E-state index in [4.69, 9.17) is 4.74 Å². The van der Waals surface area contributed by atoms with Crippen LogP contribution in [0, 0.1) is 5.92 Å². The van der Waals surface area contributed by atoms with Crippen LogP contribution in [0.4, 0.5) is 5.95 Å². The molecule has 1 N–H and O–H groups in total. The summed E-state index contributed by atoms with van der Waals surface area (Å²) >= 11 is 0. The fourth-order valence-corrected chi connectivity index (χ4v) is 2.20. The van der Waals surface area contributed by atoms with Gasteiger partial charge in [0.05, 0.1) is 12.6 Å². The van der Waals surface area contributed by atoms with E-state index in [1.165, 1.54) is 6.33 Å². The summed E-state index contributed by atoms with van der Waals surface area (Å²) in [6.07, 6.45) is 4.32. The van der Waals surface area contributed by atoms with Crippen LogP contribution in [0.3, 0.4) is 0 Å². The molecule has 0 saturated heterocycles. The number of aromatic nitrogens is 3. The summed E-state index contributed by atoms with van der Waals surface area (Å²) in [4.78, 5) is 16.2. The monoisotopic (exact) mass is 250 g/mol. The summed E-state index contributed by atoms with van der Waals surface area (Å²) in [5, 5.41) is 7.28. The minimum absolute atomic E-state index is 0.0967. The van der Waals surface area contributed by atoms with Gasteiger partial charge in [0.1, 0.15) is 12.2 Å². The van der Waals surface area contributed by atoms with Crippen molar-refractivity contribution in [1.82, 2.24) is 14.8 Å². The van der Waals surface area contributed by atoms with Gasteiger partial charge in [-0.1, -0.05) is 13.0 Å². The second kappa shape index (κ2) is 5.20. The molecule has 98 valence electrons. The first-order valence-corrected chi connectivity index (χ1v) is 6.22. The number of ether oxygens (including phenoxy) is 1. The molecule has 1 aromatic heterocycles. The molecule has 0 fully saturated rings. The minimum atomic E-state index is -0.348. The van der Waals surface area contributed by atoms with Gasteiger partial charge in [-0.3, -0.25) is 4.79 Å². The quantitative estimate of drug-likeness (QED) is 0.827. The Balaban J connectivity index is 2.36. The molecule has 1 aromatic rings. The second-order valence-corrected chi connectivity index (χ2v) is 4.19. The first kappa shape index (κ1) is 12.6. The Morgan fingerprint density at radius 3 is 3.06 bits per heavy atom. The summed E-state index contributed by atoms with van der Waals surface area (Å²) in [5.74, 6) is 0.0974. The average molecular weight is 250 g/mol. The van der Waals surface area contributed by atoms with Crippen molar-refractivity contribution >= 4 is 11.9 Å². The van der Waals surface area contributed by atoms with Gasteiger partial charge in [0, 0.05) is 5.70 Å². The number of esters is 1. The van der Waals surface area contributed by atoms with E-state index in [1.54, 1.807) is 4.68 Å². The molecule has 2 heterocycles. The highest BCUT2D eigenvalue weighted by Crippen LogP contribution is 2.33. The largest absolute Gasteiger partial charge is 0.465 e. The predicted octanol–water partition coefficient (Wildman–Crippen LogP) is 1.74. The van der Waals surface area contributed by atoms with Crippen LogP contribution in [0.1, 0.15) is 33.2 Å². The summed E-state index contributed by atoms with van der Waals surface area (Å²) in [5.41, 5.74) is 0.851. The Labute approximate surface area is 106 Å². The number of rotatable bonds is 3. The van der Waals surface area contributed by atoms with E-state index in [0.29, 0.717) is 12.6 Å². The lowest BCUT2D eigenvalue weighted by atomic mass is 9.95.